The summed E-state index contributed by atoms with van der Waals surface area (Å²) in [6.45, 7) is 7.58. The number of quaternary nitrogens is 1. The minimum Gasteiger partial charge on any atom is -1.00 e. The highest BCUT2D eigenvalue weighted by molar-refractivity contribution is 7.78. The van der Waals surface area contributed by atoms with Crippen molar-refractivity contribution in [3.63, 3.8) is 0 Å². The summed E-state index contributed by atoms with van der Waals surface area (Å²) in [7, 11) is 2.16. The van der Waals surface area contributed by atoms with Gasteiger partial charge in [0, 0.05) is 0 Å². The summed E-state index contributed by atoms with van der Waals surface area (Å²) in [5, 5.41) is 2.29. The number of likely N-dealkylation sites (N-methyl/N-ethyl adjacent to an activating group) is 1. The molecule has 0 aromatic heterocycles. The molecule has 0 unspecified atom stereocenters. The fraction of sp³-hybridized carbons (Fsp3) is 0.467. The average Bonchev–Trinajstić information content (AvgIpc) is 2.48. The van der Waals surface area contributed by atoms with E-state index >= 15 is 0 Å². The zero-order chi connectivity index (χ0) is 15.0. The Bertz CT molecular complexity index is 495. The highest BCUT2D eigenvalue weighted by Crippen LogP contribution is 2.13. The molecule has 0 atom stereocenters. The number of carbonyl (C=O) groups is 1. The van der Waals surface area contributed by atoms with Gasteiger partial charge in [0.1, 0.15) is 13.2 Å². The third-order valence-electron chi connectivity index (χ3n) is 3.67. The molecular weight excluding hydrogens is 399 g/mol. The molecule has 0 N–H and O–H groups in total. The zero-order valence-electron chi connectivity index (χ0n) is 12.6. The lowest BCUT2D eigenvalue weighted by molar-refractivity contribution is -0.906. The summed E-state index contributed by atoms with van der Waals surface area (Å²) in [5.41, 5.74) is 1.20. The Kier molecular flexibility index (Phi) is 9.61. The van der Waals surface area contributed by atoms with Crippen molar-refractivity contribution in [1.29, 1.82) is 0 Å². The Balaban J connectivity index is 0.00000400. The first-order chi connectivity index (χ1) is 9.54. The van der Waals surface area contributed by atoms with Gasteiger partial charge in [0.15, 0.2) is 0 Å². The first kappa shape index (κ1) is 20.2. The number of carbonyl (C=O) groups excluding carboxylic acids is 1. The Labute approximate surface area is 148 Å². The Morgan fingerprint density at radius 3 is 2.33 bits per heavy atom. The van der Waals surface area contributed by atoms with Crippen molar-refractivity contribution >= 4 is 29.0 Å². The van der Waals surface area contributed by atoms with Crippen LogP contribution in [0.25, 0.3) is 0 Å². The molecule has 4 nitrogen and oxygen atoms in total. The molecule has 0 bridgehead atoms. The summed E-state index contributed by atoms with van der Waals surface area (Å²) >= 11 is 4.52. The van der Waals surface area contributed by atoms with Crippen LogP contribution in [0, 0.1) is 0 Å². The largest absolute Gasteiger partial charge is 1.00 e. The monoisotopic (exact) mass is 420 g/mol. The van der Waals surface area contributed by atoms with Crippen LogP contribution in [0.2, 0.25) is 0 Å². The number of hydrogen-bond donors (Lipinski definition) is 0. The standard InChI is InChI=1S/C15H21N2O2S.HI/c1-4-17(3,5-2)10-11-19-15(18)13-6-8-14(9-7-13)16-12-20;/h6-9H,4-5,10-11H2,1-3H3;1H/q+1;/p-1. The second-order valence-electron chi connectivity index (χ2n) is 4.86. The molecule has 0 radical (unpaired) electrons. The van der Waals surface area contributed by atoms with Gasteiger partial charge in [-0.25, -0.2) is 4.79 Å². The van der Waals surface area contributed by atoms with Gasteiger partial charge in [-0.15, -0.1) is 0 Å². The minimum atomic E-state index is -0.304. The third kappa shape index (κ3) is 6.65. The van der Waals surface area contributed by atoms with Gasteiger partial charge >= 0.3 is 5.97 Å². The molecule has 1 aromatic carbocycles. The van der Waals surface area contributed by atoms with E-state index in [2.05, 4.69) is 43.3 Å². The van der Waals surface area contributed by atoms with Crippen LogP contribution in [-0.2, 0) is 4.74 Å². The van der Waals surface area contributed by atoms with Crippen molar-refractivity contribution in [2.45, 2.75) is 13.8 Å². The van der Waals surface area contributed by atoms with E-state index in [-0.39, 0.29) is 29.9 Å². The fourth-order valence-corrected chi connectivity index (χ4v) is 1.81. The molecule has 21 heavy (non-hydrogen) atoms. The van der Waals surface area contributed by atoms with Crippen molar-refractivity contribution in [3.8, 4) is 0 Å². The van der Waals surface area contributed by atoms with Crippen molar-refractivity contribution in [2.75, 3.05) is 33.3 Å². The molecule has 0 fully saturated rings. The van der Waals surface area contributed by atoms with Gasteiger partial charge in [-0.3, -0.25) is 0 Å². The first-order valence-electron chi connectivity index (χ1n) is 6.73. The summed E-state index contributed by atoms with van der Waals surface area (Å²) in [6, 6.07) is 6.80. The van der Waals surface area contributed by atoms with Crippen LogP contribution in [0.15, 0.2) is 29.3 Å². The number of ether oxygens (including phenoxy) is 1. The lowest BCUT2D eigenvalue weighted by Crippen LogP contribution is -3.00. The van der Waals surface area contributed by atoms with Crippen molar-refractivity contribution < 1.29 is 38.0 Å². The van der Waals surface area contributed by atoms with Gasteiger partial charge in [0.25, 0.3) is 0 Å². The molecule has 0 saturated carbocycles. The SMILES string of the molecule is CC[N+](C)(CC)CCOC(=O)c1ccc(N=C=S)cc1.[I-]. The van der Waals surface area contributed by atoms with Crippen LogP contribution in [0.3, 0.4) is 0 Å². The van der Waals surface area contributed by atoms with E-state index in [0.717, 1.165) is 24.1 Å². The Hall–Kier alpha value is -0.820. The number of benzene rings is 1. The number of halogens is 1. The number of aliphatic imine (C=N–C) groups is 1. The second-order valence-corrected chi connectivity index (χ2v) is 5.04. The molecule has 0 amide bonds. The number of nitrogens with zero attached hydrogens (tertiary/aromatic N) is 2. The van der Waals surface area contributed by atoms with Gasteiger partial charge in [0.05, 0.1) is 36.5 Å². The van der Waals surface area contributed by atoms with Crippen molar-refractivity contribution in [3.05, 3.63) is 29.8 Å². The van der Waals surface area contributed by atoms with Crippen molar-refractivity contribution in [2.24, 2.45) is 4.99 Å². The van der Waals surface area contributed by atoms with E-state index in [1.807, 2.05) is 0 Å². The molecule has 0 aliphatic carbocycles. The number of rotatable bonds is 7. The zero-order valence-corrected chi connectivity index (χ0v) is 15.6. The van der Waals surface area contributed by atoms with E-state index in [0.29, 0.717) is 17.9 Å². The number of thiocarbonyl (C=S) groups is 1. The number of hydrogen-bond acceptors (Lipinski definition) is 4. The normalized spacial score (nSPS) is 10.2. The Morgan fingerprint density at radius 1 is 1.29 bits per heavy atom. The topological polar surface area (TPSA) is 38.7 Å². The molecule has 0 saturated heterocycles. The smallest absolute Gasteiger partial charge is 0.338 e. The van der Waals surface area contributed by atoms with E-state index in [9.17, 15) is 4.79 Å². The summed E-state index contributed by atoms with van der Waals surface area (Å²) < 4.78 is 6.20. The van der Waals surface area contributed by atoms with Gasteiger partial charge in [-0.05, 0) is 50.3 Å². The molecule has 0 spiro atoms. The molecule has 1 aromatic rings. The van der Waals surface area contributed by atoms with Gasteiger partial charge in [-0.1, -0.05) is 0 Å². The van der Waals surface area contributed by atoms with Crippen LogP contribution in [0.1, 0.15) is 24.2 Å². The quantitative estimate of drug-likeness (QED) is 0.206. The first-order valence-corrected chi connectivity index (χ1v) is 7.14. The predicted molar refractivity (Wildman–Crippen MR) is 83.5 cm³/mol. The lowest BCUT2D eigenvalue weighted by atomic mass is 10.2. The van der Waals surface area contributed by atoms with E-state index < -0.39 is 0 Å². The van der Waals surface area contributed by atoms with Crippen LogP contribution in [0.4, 0.5) is 5.69 Å². The third-order valence-corrected chi connectivity index (χ3v) is 3.76. The fourth-order valence-electron chi connectivity index (χ4n) is 1.71. The second kappa shape index (κ2) is 10.00. The van der Waals surface area contributed by atoms with E-state index in [1.54, 1.807) is 24.3 Å². The van der Waals surface area contributed by atoms with Gasteiger partial charge in [-0.2, -0.15) is 4.99 Å². The average molecular weight is 420 g/mol. The van der Waals surface area contributed by atoms with Crippen LogP contribution < -0.4 is 24.0 Å². The Morgan fingerprint density at radius 2 is 1.86 bits per heavy atom. The predicted octanol–water partition coefficient (Wildman–Crippen LogP) is 0.0681. The molecule has 0 aliphatic rings. The highest BCUT2D eigenvalue weighted by atomic mass is 127. The van der Waals surface area contributed by atoms with Crippen LogP contribution in [-0.4, -0.2) is 48.9 Å². The number of esters is 1. The molecule has 6 heteroatoms. The summed E-state index contributed by atoms with van der Waals surface area (Å²) in [5.74, 6) is -0.304. The molecule has 0 heterocycles. The van der Waals surface area contributed by atoms with Gasteiger partial charge in [0.2, 0.25) is 0 Å². The highest BCUT2D eigenvalue weighted by Gasteiger charge is 2.17. The minimum absolute atomic E-state index is 0. The summed E-state index contributed by atoms with van der Waals surface area (Å²) in [4.78, 5) is 15.7. The van der Waals surface area contributed by atoms with Crippen LogP contribution in [0.5, 0.6) is 0 Å². The molecule has 1 rings (SSSR count). The van der Waals surface area contributed by atoms with Crippen LogP contribution >= 0.6 is 12.2 Å². The van der Waals surface area contributed by atoms with Gasteiger partial charge < -0.3 is 33.2 Å². The van der Waals surface area contributed by atoms with E-state index in [1.165, 1.54) is 0 Å². The van der Waals surface area contributed by atoms with E-state index in [4.69, 9.17) is 4.74 Å². The number of isothiocyanates is 1. The molecule has 0 aliphatic heterocycles. The maximum Gasteiger partial charge on any atom is 0.338 e. The maximum atomic E-state index is 11.9. The molecular formula is C15H21IN2O2S. The lowest BCUT2D eigenvalue weighted by Gasteiger charge is -2.31. The molecule has 116 valence electrons. The maximum absolute atomic E-state index is 11.9. The van der Waals surface area contributed by atoms with Crippen molar-refractivity contribution in [1.82, 2.24) is 0 Å². The summed E-state index contributed by atoms with van der Waals surface area (Å²) in [6.07, 6.45) is 0.